The SMILES string of the molecule is O=C(NC(c1ccc(Br)cc1)C1CCC1)OCc1ccccc1. The first-order valence-electron chi connectivity index (χ1n) is 7.95. The molecule has 0 bridgehead atoms. The molecule has 0 aliphatic heterocycles. The Labute approximate surface area is 145 Å². The van der Waals surface area contributed by atoms with Crippen molar-refractivity contribution in [2.75, 3.05) is 0 Å². The lowest BCUT2D eigenvalue weighted by atomic mass is 9.77. The molecule has 1 aliphatic rings. The second-order valence-corrected chi connectivity index (χ2v) is 6.84. The fraction of sp³-hybridized carbons (Fsp3) is 0.316. The zero-order valence-corrected chi connectivity index (χ0v) is 14.5. The minimum atomic E-state index is -0.353. The lowest BCUT2D eigenvalue weighted by molar-refractivity contribution is 0.125. The number of nitrogens with one attached hydrogen (secondary N) is 1. The number of amides is 1. The molecule has 120 valence electrons. The molecule has 4 heteroatoms. The average molecular weight is 374 g/mol. The van der Waals surface area contributed by atoms with Gasteiger partial charge in [0.15, 0.2) is 0 Å². The largest absolute Gasteiger partial charge is 0.445 e. The summed E-state index contributed by atoms with van der Waals surface area (Å²) in [5, 5.41) is 3.05. The van der Waals surface area contributed by atoms with E-state index < -0.39 is 0 Å². The highest BCUT2D eigenvalue weighted by Crippen LogP contribution is 2.38. The van der Waals surface area contributed by atoms with Crippen molar-refractivity contribution in [3.05, 3.63) is 70.2 Å². The van der Waals surface area contributed by atoms with Gasteiger partial charge in [-0.25, -0.2) is 4.79 Å². The number of rotatable bonds is 5. The van der Waals surface area contributed by atoms with Gasteiger partial charge in [0.1, 0.15) is 6.61 Å². The Bertz CT molecular complexity index is 638. The number of carbonyl (C=O) groups excluding carboxylic acids is 1. The molecule has 0 spiro atoms. The Hall–Kier alpha value is -1.81. The van der Waals surface area contributed by atoms with Gasteiger partial charge in [-0.3, -0.25) is 0 Å². The fourth-order valence-electron chi connectivity index (χ4n) is 2.81. The van der Waals surface area contributed by atoms with Crippen LogP contribution in [0.15, 0.2) is 59.1 Å². The normalized spacial score (nSPS) is 15.5. The van der Waals surface area contributed by atoms with Gasteiger partial charge >= 0.3 is 6.09 Å². The number of alkyl carbamates (subject to hydrolysis) is 1. The molecule has 3 nitrogen and oxygen atoms in total. The van der Waals surface area contributed by atoms with Crippen LogP contribution in [-0.4, -0.2) is 6.09 Å². The van der Waals surface area contributed by atoms with E-state index in [0.29, 0.717) is 12.5 Å². The number of ether oxygens (including phenoxy) is 1. The third-order valence-corrected chi connectivity index (χ3v) is 4.87. The van der Waals surface area contributed by atoms with Crippen LogP contribution in [0, 0.1) is 5.92 Å². The quantitative estimate of drug-likeness (QED) is 0.780. The lowest BCUT2D eigenvalue weighted by Crippen LogP contribution is -2.36. The number of carbonyl (C=O) groups is 1. The van der Waals surface area contributed by atoms with Crippen LogP contribution in [0.25, 0.3) is 0 Å². The molecule has 0 saturated heterocycles. The van der Waals surface area contributed by atoms with E-state index in [1.54, 1.807) is 0 Å². The Morgan fingerprint density at radius 1 is 1.13 bits per heavy atom. The molecule has 1 N–H and O–H groups in total. The maximum atomic E-state index is 12.2. The Morgan fingerprint density at radius 2 is 1.83 bits per heavy atom. The predicted octanol–water partition coefficient (Wildman–Crippen LogP) is 5.22. The van der Waals surface area contributed by atoms with Gasteiger partial charge in [0.2, 0.25) is 0 Å². The molecule has 1 aliphatic carbocycles. The van der Waals surface area contributed by atoms with Crippen LogP contribution in [0.2, 0.25) is 0 Å². The summed E-state index contributed by atoms with van der Waals surface area (Å²) in [4.78, 5) is 12.2. The fourth-order valence-corrected chi connectivity index (χ4v) is 3.07. The van der Waals surface area contributed by atoms with Crippen molar-refractivity contribution >= 4 is 22.0 Å². The van der Waals surface area contributed by atoms with Crippen LogP contribution in [0.5, 0.6) is 0 Å². The van der Waals surface area contributed by atoms with E-state index in [9.17, 15) is 4.79 Å². The summed E-state index contributed by atoms with van der Waals surface area (Å²) in [6, 6.07) is 17.9. The topological polar surface area (TPSA) is 38.3 Å². The Morgan fingerprint density at radius 3 is 2.43 bits per heavy atom. The number of benzene rings is 2. The molecule has 23 heavy (non-hydrogen) atoms. The number of hydrogen-bond donors (Lipinski definition) is 1. The monoisotopic (exact) mass is 373 g/mol. The van der Waals surface area contributed by atoms with Crippen molar-refractivity contribution in [2.24, 2.45) is 5.92 Å². The first-order valence-corrected chi connectivity index (χ1v) is 8.74. The van der Waals surface area contributed by atoms with Gasteiger partial charge in [0.25, 0.3) is 0 Å². The zero-order chi connectivity index (χ0) is 16.1. The summed E-state index contributed by atoms with van der Waals surface area (Å²) in [5.41, 5.74) is 2.13. The number of halogens is 1. The molecule has 0 heterocycles. The second-order valence-electron chi connectivity index (χ2n) is 5.93. The summed E-state index contributed by atoms with van der Waals surface area (Å²) in [7, 11) is 0. The molecule has 2 aromatic rings. The van der Waals surface area contributed by atoms with Gasteiger partial charge in [-0.1, -0.05) is 64.8 Å². The molecule has 1 fully saturated rings. The number of hydrogen-bond acceptors (Lipinski definition) is 2. The van der Waals surface area contributed by atoms with E-state index in [1.165, 1.54) is 6.42 Å². The Kier molecular flexibility index (Phi) is 5.34. The van der Waals surface area contributed by atoms with Crippen LogP contribution >= 0.6 is 15.9 Å². The Balaban J connectivity index is 1.61. The first-order chi connectivity index (χ1) is 11.2. The van der Waals surface area contributed by atoms with Crippen LogP contribution in [0.1, 0.15) is 36.4 Å². The summed E-state index contributed by atoms with van der Waals surface area (Å²) in [5.74, 6) is 0.500. The van der Waals surface area contributed by atoms with E-state index in [4.69, 9.17) is 4.74 Å². The second kappa shape index (κ2) is 7.64. The molecule has 1 atom stereocenters. The van der Waals surface area contributed by atoms with E-state index in [1.807, 2.05) is 42.5 Å². The van der Waals surface area contributed by atoms with Crippen LogP contribution in [-0.2, 0) is 11.3 Å². The third-order valence-electron chi connectivity index (χ3n) is 4.34. The maximum absolute atomic E-state index is 12.2. The van der Waals surface area contributed by atoms with E-state index >= 15 is 0 Å². The van der Waals surface area contributed by atoms with Crippen molar-refractivity contribution in [3.63, 3.8) is 0 Å². The van der Waals surface area contributed by atoms with Gasteiger partial charge < -0.3 is 10.1 Å². The average Bonchev–Trinajstić information content (AvgIpc) is 2.52. The molecule has 1 amide bonds. The van der Waals surface area contributed by atoms with E-state index in [0.717, 1.165) is 28.4 Å². The summed E-state index contributed by atoms with van der Waals surface area (Å²) < 4.78 is 6.41. The van der Waals surface area contributed by atoms with Crippen molar-refractivity contribution in [3.8, 4) is 0 Å². The van der Waals surface area contributed by atoms with E-state index in [2.05, 4.69) is 33.4 Å². The maximum Gasteiger partial charge on any atom is 0.407 e. The highest BCUT2D eigenvalue weighted by Gasteiger charge is 2.30. The van der Waals surface area contributed by atoms with Gasteiger partial charge in [0.05, 0.1) is 6.04 Å². The van der Waals surface area contributed by atoms with Gasteiger partial charge in [-0.2, -0.15) is 0 Å². The zero-order valence-electron chi connectivity index (χ0n) is 12.9. The van der Waals surface area contributed by atoms with Gasteiger partial charge in [0, 0.05) is 4.47 Å². The summed E-state index contributed by atoms with van der Waals surface area (Å²) >= 11 is 3.45. The highest BCUT2D eigenvalue weighted by molar-refractivity contribution is 9.10. The molecule has 1 unspecified atom stereocenters. The van der Waals surface area contributed by atoms with Crippen LogP contribution in [0.4, 0.5) is 4.79 Å². The lowest BCUT2D eigenvalue weighted by Gasteiger charge is -2.34. The van der Waals surface area contributed by atoms with Gasteiger partial charge in [-0.05, 0) is 42.0 Å². The van der Waals surface area contributed by atoms with E-state index in [-0.39, 0.29) is 12.1 Å². The van der Waals surface area contributed by atoms with Crippen molar-refractivity contribution in [1.29, 1.82) is 0 Å². The molecule has 3 rings (SSSR count). The minimum Gasteiger partial charge on any atom is -0.445 e. The standard InChI is InChI=1S/C19H20BrNO2/c20-17-11-9-16(10-12-17)18(15-7-4-8-15)21-19(22)23-13-14-5-2-1-3-6-14/h1-3,5-6,9-12,15,18H,4,7-8,13H2,(H,21,22). The van der Waals surface area contributed by atoms with Gasteiger partial charge in [-0.15, -0.1) is 0 Å². The third kappa shape index (κ3) is 4.35. The first kappa shape index (κ1) is 16.1. The van der Waals surface area contributed by atoms with Crippen LogP contribution in [0.3, 0.4) is 0 Å². The summed E-state index contributed by atoms with van der Waals surface area (Å²) in [6.07, 6.45) is 3.19. The minimum absolute atomic E-state index is 0.0279. The van der Waals surface area contributed by atoms with Crippen molar-refractivity contribution < 1.29 is 9.53 Å². The molecule has 0 aromatic heterocycles. The molecular weight excluding hydrogens is 354 g/mol. The molecule has 1 saturated carbocycles. The predicted molar refractivity (Wildman–Crippen MR) is 94.0 cm³/mol. The molecular formula is C19H20BrNO2. The smallest absolute Gasteiger partial charge is 0.407 e. The highest BCUT2D eigenvalue weighted by atomic mass is 79.9. The molecule has 2 aromatic carbocycles. The van der Waals surface area contributed by atoms with Crippen molar-refractivity contribution in [1.82, 2.24) is 5.32 Å². The molecule has 0 radical (unpaired) electrons. The summed E-state index contributed by atoms with van der Waals surface area (Å²) in [6.45, 7) is 0.296. The van der Waals surface area contributed by atoms with Crippen molar-refractivity contribution in [2.45, 2.75) is 31.9 Å². The van der Waals surface area contributed by atoms with Crippen LogP contribution < -0.4 is 5.32 Å².